The van der Waals surface area contributed by atoms with Crippen molar-refractivity contribution in [3.63, 3.8) is 0 Å². The van der Waals surface area contributed by atoms with Crippen molar-refractivity contribution < 1.29 is 9.47 Å². The molecule has 2 heterocycles. The molecule has 2 unspecified atom stereocenters. The molecule has 2 rings (SSSR count). The van der Waals surface area contributed by atoms with E-state index in [-0.39, 0.29) is 11.6 Å². The van der Waals surface area contributed by atoms with Crippen LogP contribution < -0.4 is 10.1 Å². The number of rotatable bonds is 5. The molecule has 2 atom stereocenters. The molecule has 1 aromatic heterocycles. The fraction of sp³-hybridized carbons (Fsp3) is 0.643. The third-order valence-electron chi connectivity index (χ3n) is 3.57. The van der Waals surface area contributed by atoms with Crippen LogP contribution in [0.1, 0.15) is 38.3 Å². The molecule has 0 bridgehead atoms. The highest BCUT2D eigenvalue weighted by molar-refractivity contribution is 5.28. The van der Waals surface area contributed by atoms with Crippen LogP contribution in [0.15, 0.2) is 18.5 Å². The van der Waals surface area contributed by atoms with Crippen molar-refractivity contribution >= 4 is 0 Å². The van der Waals surface area contributed by atoms with Crippen LogP contribution in [0.25, 0.3) is 0 Å². The number of nitrogens with zero attached hydrogens (tertiary/aromatic N) is 1. The summed E-state index contributed by atoms with van der Waals surface area (Å²) in [7, 11) is 1.66. The Labute approximate surface area is 109 Å². The first-order valence-electron chi connectivity index (χ1n) is 6.56. The molecule has 1 fully saturated rings. The Hall–Kier alpha value is -1.13. The van der Waals surface area contributed by atoms with Crippen LogP contribution in [-0.2, 0) is 4.74 Å². The Balaban J connectivity index is 2.28. The summed E-state index contributed by atoms with van der Waals surface area (Å²) >= 11 is 0. The van der Waals surface area contributed by atoms with Crippen molar-refractivity contribution in [2.24, 2.45) is 0 Å². The van der Waals surface area contributed by atoms with Gasteiger partial charge >= 0.3 is 0 Å². The van der Waals surface area contributed by atoms with E-state index in [4.69, 9.17) is 9.47 Å². The van der Waals surface area contributed by atoms with E-state index in [9.17, 15) is 0 Å². The predicted octanol–water partition coefficient (Wildman–Crippen LogP) is 2.31. The highest BCUT2D eigenvalue weighted by atomic mass is 16.5. The number of pyridine rings is 1. The normalized spacial score (nSPS) is 25.1. The molecule has 1 aromatic rings. The van der Waals surface area contributed by atoms with Gasteiger partial charge in [-0.3, -0.25) is 4.98 Å². The molecule has 0 saturated carbocycles. The molecule has 0 aliphatic carbocycles. The van der Waals surface area contributed by atoms with Gasteiger partial charge in [0.05, 0.1) is 24.9 Å². The Morgan fingerprint density at radius 3 is 3.00 bits per heavy atom. The minimum atomic E-state index is -0.149. The third kappa shape index (κ3) is 2.65. The first-order chi connectivity index (χ1) is 8.69. The van der Waals surface area contributed by atoms with E-state index in [2.05, 4.69) is 24.1 Å². The van der Waals surface area contributed by atoms with Gasteiger partial charge in [0.2, 0.25) is 0 Å². The van der Waals surface area contributed by atoms with E-state index in [0.29, 0.717) is 0 Å². The summed E-state index contributed by atoms with van der Waals surface area (Å²) in [5, 5.41) is 3.51. The second-order valence-corrected chi connectivity index (χ2v) is 4.91. The van der Waals surface area contributed by atoms with Crippen LogP contribution in [0, 0.1) is 0 Å². The number of likely N-dealkylation sites (N-methyl/N-ethyl adjacent to an activating group) is 1. The molecule has 1 aliphatic rings. The molecule has 1 aliphatic heterocycles. The van der Waals surface area contributed by atoms with Gasteiger partial charge in [0.1, 0.15) is 5.75 Å². The van der Waals surface area contributed by atoms with Crippen LogP contribution >= 0.6 is 0 Å². The van der Waals surface area contributed by atoms with Gasteiger partial charge in [-0.2, -0.15) is 0 Å². The van der Waals surface area contributed by atoms with Gasteiger partial charge in [-0.1, -0.05) is 6.92 Å². The van der Waals surface area contributed by atoms with Crippen molar-refractivity contribution in [3.8, 4) is 5.75 Å². The number of aromatic nitrogens is 1. The predicted molar refractivity (Wildman–Crippen MR) is 70.8 cm³/mol. The highest BCUT2D eigenvalue weighted by Crippen LogP contribution is 2.37. The molecule has 1 N–H and O–H groups in total. The van der Waals surface area contributed by atoms with Crippen molar-refractivity contribution in [1.82, 2.24) is 10.3 Å². The van der Waals surface area contributed by atoms with E-state index < -0.39 is 0 Å². The molecule has 0 radical (unpaired) electrons. The zero-order valence-corrected chi connectivity index (χ0v) is 11.4. The lowest BCUT2D eigenvalue weighted by molar-refractivity contribution is -0.0122. The van der Waals surface area contributed by atoms with Crippen LogP contribution in [-0.4, -0.2) is 30.8 Å². The number of ether oxygens (including phenoxy) is 2. The molecule has 100 valence electrons. The standard InChI is InChI=1S/C14H22N2O2/c1-4-16-13(14(2)6-5-7-18-14)11-8-12(17-3)10-15-9-11/h8-10,13,16H,4-7H2,1-3H3. The second-order valence-electron chi connectivity index (χ2n) is 4.91. The van der Waals surface area contributed by atoms with Crippen LogP contribution in [0.3, 0.4) is 0 Å². The summed E-state index contributed by atoms with van der Waals surface area (Å²) in [5.74, 6) is 0.789. The Bertz CT molecular complexity index is 389. The zero-order chi connectivity index (χ0) is 13.0. The fourth-order valence-corrected chi connectivity index (χ4v) is 2.62. The monoisotopic (exact) mass is 250 g/mol. The first-order valence-corrected chi connectivity index (χ1v) is 6.56. The SMILES string of the molecule is CCNC(c1cncc(OC)c1)C1(C)CCCO1. The van der Waals surface area contributed by atoms with Gasteiger partial charge in [0, 0.05) is 12.8 Å². The number of hydrogen-bond acceptors (Lipinski definition) is 4. The molecule has 0 amide bonds. The summed E-state index contributed by atoms with van der Waals surface area (Å²) < 4.78 is 11.2. The molecular weight excluding hydrogens is 228 g/mol. The average molecular weight is 250 g/mol. The van der Waals surface area contributed by atoms with Crippen molar-refractivity contribution in [3.05, 3.63) is 24.0 Å². The Kier molecular flexibility index (Phi) is 4.19. The van der Waals surface area contributed by atoms with Gasteiger partial charge in [-0.15, -0.1) is 0 Å². The smallest absolute Gasteiger partial charge is 0.137 e. The van der Waals surface area contributed by atoms with E-state index in [1.54, 1.807) is 13.3 Å². The molecular formula is C14H22N2O2. The summed E-state index contributed by atoms with van der Waals surface area (Å²) in [6.45, 7) is 6.03. The van der Waals surface area contributed by atoms with Gasteiger partial charge in [-0.25, -0.2) is 0 Å². The van der Waals surface area contributed by atoms with Gasteiger partial charge in [0.25, 0.3) is 0 Å². The topological polar surface area (TPSA) is 43.4 Å². The molecule has 4 heteroatoms. The molecule has 18 heavy (non-hydrogen) atoms. The minimum Gasteiger partial charge on any atom is -0.495 e. The summed E-state index contributed by atoms with van der Waals surface area (Å²) in [6, 6.07) is 2.19. The van der Waals surface area contributed by atoms with Gasteiger partial charge in [-0.05, 0) is 37.9 Å². The van der Waals surface area contributed by atoms with E-state index in [0.717, 1.165) is 37.3 Å². The van der Waals surface area contributed by atoms with Gasteiger partial charge < -0.3 is 14.8 Å². The van der Waals surface area contributed by atoms with Crippen molar-refractivity contribution in [2.45, 2.75) is 38.3 Å². The van der Waals surface area contributed by atoms with Crippen molar-refractivity contribution in [1.29, 1.82) is 0 Å². The maximum absolute atomic E-state index is 5.95. The maximum atomic E-state index is 5.95. The summed E-state index contributed by atoms with van der Waals surface area (Å²) in [6.07, 6.45) is 5.81. The number of nitrogens with one attached hydrogen (secondary N) is 1. The zero-order valence-electron chi connectivity index (χ0n) is 11.4. The van der Waals surface area contributed by atoms with E-state index in [1.165, 1.54) is 0 Å². The van der Waals surface area contributed by atoms with E-state index in [1.807, 2.05) is 12.3 Å². The van der Waals surface area contributed by atoms with Crippen LogP contribution in [0.4, 0.5) is 0 Å². The van der Waals surface area contributed by atoms with Crippen molar-refractivity contribution in [2.75, 3.05) is 20.3 Å². The lowest BCUT2D eigenvalue weighted by Crippen LogP contribution is -2.41. The lowest BCUT2D eigenvalue weighted by atomic mass is 9.88. The Morgan fingerprint density at radius 1 is 1.56 bits per heavy atom. The third-order valence-corrected chi connectivity index (χ3v) is 3.57. The van der Waals surface area contributed by atoms with Crippen LogP contribution in [0.5, 0.6) is 5.75 Å². The number of methoxy groups -OCH3 is 1. The van der Waals surface area contributed by atoms with E-state index >= 15 is 0 Å². The second kappa shape index (κ2) is 5.67. The minimum absolute atomic E-state index is 0.149. The first kappa shape index (κ1) is 13.3. The van der Waals surface area contributed by atoms with Gasteiger partial charge in [0.15, 0.2) is 0 Å². The Morgan fingerprint density at radius 2 is 2.39 bits per heavy atom. The summed E-state index contributed by atoms with van der Waals surface area (Å²) in [4.78, 5) is 4.24. The fourth-order valence-electron chi connectivity index (χ4n) is 2.62. The molecule has 1 saturated heterocycles. The lowest BCUT2D eigenvalue weighted by Gasteiger charge is -2.34. The maximum Gasteiger partial charge on any atom is 0.137 e. The quantitative estimate of drug-likeness (QED) is 0.871. The van der Waals surface area contributed by atoms with Crippen LogP contribution in [0.2, 0.25) is 0 Å². The largest absolute Gasteiger partial charge is 0.495 e. The molecule has 4 nitrogen and oxygen atoms in total. The molecule has 0 spiro atoms. The average Bonchev–Trinajstić information content (AvgIpc) is 2.84. The summed E-state index contributed by atoms with van der Waals surface area (Å²) in [5.41, 5.74) is 0.977. The number of hydrogen-bond donors (Lipinski definition) is 1. The highest BCUT2D eigenvalue weighted by Gasteiger charge is 2.39. The molecule has 0 aromatic carbocycles.